The maximum atomic E-state index is 12.8. The molecule has 0 aliphatic heterocycles. The molecule has 1 heterocycles. The van der Waals surface area contributed by atoms with Crippen LogP contribution in [0.5, 0.6) is 0 Å². The van der Waals surface area contributed by atoms with Crippen LogP contribution in [-0.4, -0.2) is 18.5 Å². The summed E-state index contributed by atoms with van der Waals surface area (Å²) in [5.41, 5.74) is 0.488. The third kappa shape index (κ3) is 4.70. The van der Waals surface area contributed by atoms with Gasteiger partial charge >= 0.3 is 5.97 Å². The highest BCUT2D eigenvalue weighted by Crippen LogP contribution is 2.38. The van der Waals surface area contributed by atoms with Gasteiger partial charge in [-0.15, -0.1) is 11.3 Å². The van der Waals surface area contributed by atoms with E-state index in [9.17, 15) is 9.59 Å². The van der Waals surface area contributed by atoms with Gasteiger partial charge in [-0.2, -0.15) is 0 Å². The standard InChI is InChI=1S/C22H29NO3S/c1-3-5-8-15-11-13-16(14-12-15)20(24)23-21-19(22(25)26-4-2)17-9-6-7-10-18(17)27-21/h6-7,9-10,15-16H,3-5,8,11-14H2,1-2H3,(H,23,24). The Morgan fingerprint density at radius 3 is 2.59 bits per heavy atom. The molecule has 1 amide bonds. The van der Waals surface area contributed by atoms with E-state index in [2.05, 4.69) is 12.2 Å². The largest absolute Gasteiger partial charge is 0.462 e. The highest BCUT2D eigenvalue weighted by molar-refractivity contribution is 7.23. The quantitative estimate of drug-likeness (QED) is 0.592. The number of hydrogen-bond donors (Lipinski definition) is 1. The first kappa shape index (κ1) is 19.9. The van der Waals surface area contributed by atoms with Crippen LogP contribution in [-0.2, 0) is 9.53 Å². The van der Waals surface area contributed by atoms with Crippen LogP contribution >= 0.6 is 11.3 Å². The summed E-state index contributed by atoms with van der Waals surface area (Å²) < 4.78 is 6.22. The van der Waals surface area contributed by atoms with E-state index in [1.807, 2.05) is 24.3 Å². The first-order valence-electron chi connectivity index (χ1n) is 10.1. The van der Waals surface area contributed by atoms with Crippen LogP contribution in [0.3, 0.4) is 0 Å². The molecule has 1 aliphatic carbocycles. The van der Waals surface area contributed by atoms with Crippen molar-refractivity contribution >= 4 is 38.3 Å². The monoisotopic (exact) mass is 387 g/mol. The zero-order valence-electron chi connectivity index (χ0n) is 16.3. The van der Waals surface area contributed by atoms with E-state index in [1.165, 1.54) is 30.6 Å². The molecule has 1 fully saturated rings. The molecule has 1 aromatic carbocycles. The highest BCUT2D eigenvalue weighted by Gasteiger charge is 2.28. The van der Waals surface area contributed by atoms with Crippen molar-refractivity contribution in [2.45, 2.75) is 58.8 Å². The van der Waals surface area contributed by atoms with Crippen LogP contribution in [0, 0.1) is 11.8 Å². The number of carbonyl (C=O) groups excluding carboxylic acids is 2. The number of rotatable bonds is 7. The minimum absolute atomic E-state index is 0.0426. The van der Waals surface area contributed by atoms with Crippen molar-refractivity contribution in [3.8, 4) is 0 Å². The van der Waals surface area contributed by atoms with Crippen molar-refractivity contribution in [2.75, 3.05) is 11.9 Å². The van der Waals surface area contributed by atoms with Gasteiger partial charge in [0.15, 0.2) is 0 Å². The van der Waals surface area contributed by atoms with Gasteiger partial charge in [0.25, 0.3) is 0 Å². The van der Waals surface area contributed by atoms with E-state index >= 15 is 0 Å². The fraction of sp³-hybridized carbons (Fsp3) is 0.545. The smallest absolute Gasteiger partial charge is 0.341 e. The van der Waals surface area contributed by atoms with Gasteiger partial charge < -0.3 is 10.1 Å². The summed E-state index contributed by atoms with van der Waals surface area (Å²) in [6.45, 7) is 4.34. The average Bonchev–Trinajstić information content (AvgIpc) is 3.04. The van der Waals surface area contributed by atoms with Crippen LogP contribution in [0.25, 0.3) is 10.1 Å². The molecule has 0 radical (unpaired) electrons. The van der Waals surface area contributed by atoms with Gasteiger partial charge in [0, 0.05) is 16.0 Å². The van der Waals surface area contributed by atoms with E-state index in [4.69, 9.17) is 4.74 Å². The molecule has 3 rings (SSSR count). The van der Waals surface area contributed by atoms with Gasteiger partial charge in [-0.05, 0) is 44.6 Å². The third-order valence-electron chi connectivity index (χ3n) is 5.50. The molecule has 1 aromatic heterocycles. The van der Waals surface area contributed by atoms with Crippen LogP contribution in [0.15, 0.2) is 24.3 Å². The van der Waals surface area contributed by atoms with E-state index in [1.54, 1.807) is 6.92 Å². The summed E-state index contributed by atoms with van der Waals surface area (Å²) in [4.78, 5) is 25.3. The van der Waals surface area contributed by atoms with Gasteiger partial charge in [0.05, 0.1) is 6.61 Å². The summed E-state index contributed by atoms with van der Waals surface area (Å²) in [5.74, 6) is 0.492. The number of nitrogens with one attached hydrogen (secondary N) is 1. The van der Waals surface area contributed by atoms with Crippen molar-refractivity contribution in [3.63, 3.8) is 0 Å². The second-order valence-corrected chi connectivity index (χ2v) is 8.42. The molecule has 1 N–H and O–H groups in total. The van der Waals surface area contributed by atoms with Crippen molar-refractivity contribution in [1.82, 2.24) is 0 Å². The van der Waals surface area contributed by atoms with E-state index in [-0.39, 0.29) is 17.8 Å². The van der Waals surface area contributed by atoms with Gasteiger partial charge in [-0.25, -0.2) is 4.79 Å². The Morgan fingerprint density at radius 2 is 1.89 bits per heavy atom. The fourth-order valence-corrected chi connectivity index (χ4v) is 5.05. The number of anilines is 1. The predicted octanol–water partition coefficient (Wildman–Crippen LogP) is 6.01. The van der Waals surface area contributed by atoms with E-state index in [0.717, 1.165) is 41.7 Å². The number of fused-ring (bicyclic) bond motifs is 1. The first-order valence-corrected chi connectivity index (χ1v) is 10.9. The van der Waals surface area contributed by atoms with Gasteiger partial charge in [0.2, 0.25) is 5.91 Å². The Morgan fingerprint density at radius 1 is 1.15 bits per heavy atom. The SMILES string of the molecule is CCCCC1CCC(C(=O)Nc2sc3ccccc3c2C(=O)OCC)CC1. The molecule has 0 saturated heterocycles. The first-order chi connectivity index (χ1) is 13.1. The molecule has 146 valence electrons. The van der Waals surface area contributed by atoms with Gasteiger partial charge in [0.1, 0.15) is 10.6 Å². The van der Waals surface area contributed by atoms with E-state index < -0.39 is 0 Å². The summed E-state index contributed by atoms with van der Waals surface area (Å²) in [7, 11) is 0. The molecule has 1 aliphatic rings. The molecule has 1 saturated carbocycles. The third-order valence-corrected chi connectivity index (χ3v) is 6.58. The molecule has 27 heavy (non-hydrogen) atoms. The molecule has 2 aromatic rings. The second-order valence-electron chi connectivity index (χ2n) is 7.37. The Bertz CT molecular complexity index is 790. The zero-order valence-corrected chi connectivity index (χ0v) is 17.1. The van der Waals surface area contributed by atoms with E-state index in [0.29, 0.717) is 17.2 Å². The molecule has 0 atom stereocenters. The van der Waals surface area contributed by atoms with Crippen LogP contribution in [0.1, 0.15) is 69.2 Å². The number of thiophene rings is 1. The number of ether oxygens (including phenoxy) is 1. The predicted molar refractivity (Wildman–Crippen MR) is 111 cm³/mol. The van der Waals surface area contributed by atoms with Crippen LogP contribution in [0.2, 0.25) is 0 Å². The number of esters is 1. The molecular weight excluding hydrogens is 358 g/mol. The number of carbonyl (C=O) groups is 2. The maximum Gasteiger partial charge on any atom is 0.341 e. The second kappa shape index (κ2) is 9.36. The molecule has 4 nitrogen and oxygen atoms in total. The minimum atomic E-state index is -0.367. The normalized spacial score (nSPS) is 19.8. The summed E-state index contributed by atoms with van der Waals surface area (Å²) in [6.07, 6.45) is 7.97. The Balaban J connectivity index is 1.72. The number of benzene rings is 1. The molecule has 0 unspecified atom stereocenters. The lowest BCUT2D eigenvalue weighted by molar-refractivity contribution is -0.121. The van der Waals surface area contributed by atoms with Crippen molar-refractivity contribution in [3.05, 3.63) is 29.8 Å². The highest BCUT2D eigenvalue weighted by atomic mass is 32.1. The molecule has 5 heteroatoms. The lowest BCUT2D eigenvalue weighted by atomic mass is 9.79. The zero-order chi connectivity index (χ0) is 19.2. The van der Waals surface area contributed by atoms with Crippen molar-refractivity contribution < 1.29 is 14.3 Å². The minimum Gasteiger partial charge on any atom is -0.462 e. The summed E-state index contributed by atoms with van der Waals surface area (Å²) in [6, 6.07) is 7.72. The number of unbranched alkanes of at least 4 members (excludes halogenated alkanes) is 1. The summed E-state index contributed by atoms with van der Waals surface area (Å²) >= 11 is 1.45. The average molecular weight is 388 g/mol. The number of hydrogen-bond acceptors (Lipinski definition) is 4. The van der Waals surface area contributed by atoms with Crippen LogP contribution in [0.4, 0.5) is 5.00 Å². The molecular formula is C22H29NO3S. The molecule has 0 spiro atoms. The van der Waals surface area contributed by atoms with Gasteiger partial charge in [-0.3, -0.25) is 4.79 Å². The Hall–Kier alpha value is -1.88. The Kier molecular flexibility index (Phi) is 6.89. The topological polar surface area (TPSA) is 55.4 Å². The lowest BCUT2D eigenvalue weighted by Crippen LogP contribution is -2.27. The molecule has 0 bridgehead atoms. The summed E-state index contributed by atoms with van der Waals surface area (Å²) in [5, 5.41) is 4.51. The van der Waals surface area contributed by atoms with Crippen molar-refractivity contribution in [1.29, 1.82) is 0 Å². The fourth-order valence-electron chi connectivity index (χ4n) is 3.96. The number of amides is 1. The lowest BCUT2D eigenvalue weighted by Gasteiger charge is -2.27. The van der Waals surface area contributed by atoms with Crippen molar-refractivity contribution in [2.24, 2.45) is 11.8 Å². The van der Waals surface area contributed by atoms with Crippen LogP contribution < -0.4 is 5.32 Å². The Labute approximate surface area is 165 Å². The maximum absolute atomic E-state index is 12.8. The van der Waals surface area contributed by atoms with Gasteiger partial charge in [-0.1, -0.05) is 44.4 Å².